The molecule has 6 heteroatoms. The van der Waals surface area contributed by atoms with E-state index in [1.54, 1.807) is 36.4 Å². The molecule has 2 amide bonds. The number of rotatable bonds is 5. The summed E-state index contributed by atoms with van der Waals surface area (Å²) in [5, 5.41) is -0.0591. The van der Waals surface area contributed by atoms with Gasteiger partial charge in [0.2, 0.25) is 0 Å². The Bertz CT molecular complexity index is 959. The van der Waals surface area contributed by atoms with Crippen molar-refractivity contribution in [2.45, 2.75) is 32.8 Å². The molecule has 0 spiro atoms. The first-order valence-corrected chi connectivity index (χ1v) is 10.2. The van der Waals surface area contributed by atoms with Gasteiger partial charge in [-0.2, -0.15) is 0 Å². The predicted octanol–water partition coefficient (Wildman–Crippen LogP) is 4.60. The minimum absolute atomic E-state index is 0.0531. The maximum atomic E-state index is 13.1. The van der Waals surface area contributed by atoms with Gasteiger partial charge in [0.05, 0.1) is 17.4 Å². The first-order valence-electron chi connectivity index (χ1n) is 9.86. The molecule has 0 N–H and O–H groups in total. The summed E-state index contributed by atoms with van der Waals surface area (Å²) in [7, 11) is 0. The molecule has 0 unspecified atom stereocenters. The minimum atomic E-state index is -0.497. The third-order valence-electron chi connectivity index (χ3n) is 5.12. The minimum Gasteiger partial charge on any atom is -0.491 e. The summed E-state index contributed by atoms with van der Waals surface area (Å²) >= 11 is 6.29. The molecular formula is C23H23ClN2O3. The van der Waals surface area contributed by atoms with Gasteiger partial charge >= 0.3 is 0 Å². The summed E-state index contributed by atoms with van der Waals surface area (Å²) in [4.78, 5) is 29.2. The second kappa shape index (κ2) is 7.91. The average Bonchev–Trinajstić information content (AvgIpc) is 3.31. The highest BCUT2D eigenvalue weighted by Crippen LogP contribution is 2.36. The quantitative estimate of drug-likeness (QED) is 0.676. The first kappa shape index (κ1) is 19.5. The zero-order valence-electron chi connectivity index (χ0n) is 16.5. The lowest BCUT2D eigenvalue weighted by Crippen LogP contribution is -2.31. The number of amides is 2. The number of ether oxygens (including phenoxy) is 1. The smallest absolute Gasteiger partial charge is 0.277 e. The van der Waals surface area contributed by atoms with Crippen molar-refractivity contribution in [1.29, 1.82) is 0 Å². The van der Waals surface area contributed by atoms with Gasteiger partial charge in [-0.15, -0.1) is 0 Å². The fourth-order valence-corrected chi connectivity index (χ4v) is 4.02. The number of carbonyl (C=O) groups is 2. The third kappa shape index (κ3) is 3.75. The predicted molar refractivity (Wildman–Crippen MR) is 115 cm³/mol. The topological polar surface area (TPSA) is 49.9 Å². The van der Waals surface area contributed by atoms with Crippen LogP contribution in [0.1, 0.15) is 32.3 Å². The van der Waals surface area contributed by atoms with Crippen LogP contribution in [0.25, 0.3) is 5.57 Å². The van der Waals surface area contributed by atoms with Gasteiger partial charge in [0, 0.05) is 18.8 Å². The molecule has 1 saturated heterocycles. The number of hydrogen-bond acceptors (Lipinski definition) is 4. The Kier molecular flexibility index (Phi) is 5.33. The molecule has 2 aromatic rings. The molecule has 2 aliphatic heterocycles. The molecule has 4 rings (SSSR count). The molecule has 0 aliphatic carbocycles. The Labute approximate surface area is 175 Å². The molecule has 0 bridgehead atoms. The summed E-state index contributed by atoms with van der Waals surface area (Å²) in [6.45, 7) is 5.96. The summed E-state index contributed by atoms with van der Waals surface area (Å²) < 4.78 is 5.64. The van der Waals surface area contributed by atoms with E-state index in [0.29, 0.717) is 17.0 Å². The van der Waals surface area contributed by atoms with Crippen molar-refractivity contribution in [3.8, 4) is 5.75 Å². The van der Waals surface area contributed by atoms with Crippen LogP contribution < -0.4 is 14.5 Å². The van der Waals surface area contributed by atoms with E-state index in [1.807, 2.05) is 26.0 Å². The second-order valence-electron chi connectivity index (χ2n) is 7.54. The molecule has 150 valence electrons. The van der Waals surface area contributed by atoms with E-state index in [1.165, 1.54) is 12.8 Å². The molecule has 2 aliphatic rings. The summed E-state index contributed by atoms with van der Waals surface area (Å²) in [6.07, 6.45) is 2.43. The maximum absolute atomic E-state index is 13.1. The van der Waals surface area contributed by atoms with E-state index in [0.717, 1.165) is 23.7 Å². The van der Waals surface area contributed by atoms with Crippen molar-refractivity contribution in [2.75, 3.05) is 22.9 Å². The largest absolute Gasteiger partial charge is 0.491 e. The van der Waals surface area contributed by atoms with Crippen molar-refractivity contribution in [3.63, 3.8) is 0 Å². The van der Waals surface area contributed by atoms with E-state index >= 15 is 0 Å². The number of imide groups is 1. The summed E-state index contributed by atoms with van der Waals surface area (Å²) in [5.41, 5.74) is 2.44. The zero-order chi connectivity index (χ0) is 20.5. The van der Waals surface area contributed by atoms with Crippen LogP contribution in [0.3, 0.4) is 0 Å². The number of halogens is 1. The highest BCUT2D eigenvalue weighted by atomic mass is 35.5. The summed E-state index contributed by atoms with van der Waals surface area (Å²) in [6, 6.07) is 14.6. The van der Waals surface area contributed by atoms with E-state index in [-0.39, 0.29) is 16.7 Å². The molecule has 0 aromatic heterocycles. The van der Waals surface area contributed by atoms with Crippen LogP contribution in [0.4, 0.5) is 11.4 Å². The Morgan fingerprint density at radius 1 is 0.862 bits per heavy atom. The number of anilines is 2. The van der Waals surface area contributed by atoms with E-state index in [9.17, 15) is 9.59 Å². The molecule has 2 aromatic carbocycles. The fraction of sp³-hybridized carbons (Fsp3) is 0.304. The zero-order valence-corrected chi connectivity index (χ0v) is 17.3. The van der Waals surface area contributed by atoms with Crippen LogP contribution in [-0.4, -0.2) is 31.0 Å². The Morgan fingerprint density at radius 2 is 1.45 bits per heavy atom. The van der Waals surface area contributed by atoms with Gasteiger partial charge in [-0.1, -0.05) is 23.7 Å². The van der Waals surface area contributed by atoms with Crippen LogP contribution in [0, 0.1) is 0 Å². The average molecular weight is 411 g/mol. The van der Waals surface area contributed by atoms with E-state index in [2.05, 4.69) is 4.90 Å². The molecule has 0 radical (unpaired) electrons. The Morgan fingerprint density at radius 3 is 2.03 bits per heavy atom. The molecular weight excluding hydrogens is 388 g/mol. The van der Waals surface area contributed by atoms with Gasteiger partial charge < -0.3 is 9.64 Å². The van der Waals surface area contributed by atoms with Gasteiger partial charge in [-0.3, -0.25) is 9.59 Å². The number of carbonyl (C=O) groups excluding carboxylic acids is 2. The molecule has 0 saturated carbocycles. The van der Waals surface area contributed by atoms with E-state index < -0.39 is 11.8 Å². The maximum Gasteiger partial charge on any atom is 0.277 e. The number of benzene rings is 2. The molecule has 29 heavy (non-hydrogen) atoms. The normalized spacial score (nSPS) is 17.1. The van der Waals surface area contributed by atoms with Crippen LogP contribution in [0.15, 0.2) is 53.6 Å². The number of hydrogen-bond donors (Lipinski definition) is 0. The van der Waals surface area contributed by atoms with Crippen molar-refractivity contribution >= 4 is 40.4 Å². The lowest BCUT2D eigenvalue weighted by Gasteiger charge is -2.20. The number of nitrogens with zero attached hydrogens (tertiary/aromatic N) is 2. The monoisotopic (exact) mass is 410 g/mol. The van der Waals surface area contributed by atoms with Crippen LogP contribution in [-0.2, 0) is 9.59 Å². The standard InChI is InChI=1S/C23H23ClN2O3/c1-15(2)29-19-11-5-16(6-12-19)20-21(24)23(28)26(22(20)27)18-9-7-17(8-10-18)25-13-3-4-14-25/h5-12,15H,3-4,13-14H2,1-2H3. The molecule has 5 nitrogen and oxygen atoms in total. The van der Waals surface area contributed by atoms with Crippen LogP contribution in [0.5, 0.6) is 5.75 Å². The molecule has 2 heterocycles. The van der Waals surface area contributed by atoms with Gasteiger partial charge in [-0.05, 0) is 68.7 Å². The van der Waals surface area contributed by atoms with Gasteiger partial charge in [0.15, 0.2) is 0 Å². The second-order valence-corrected chi connectivity index (χ2v) is 7.91. The van der Waals surface area contributed by atoms with Crippen LogP contribution >= 0.6 is 11.6 Å². The van der Waals surface area contributed by atoms with Gasteiger partial charge in [-0.25, -0.2) is 4.90 Å². The Hall–Kier alpha value is -2.79. The summed E-state index contributed by atoms with van der Waals surface area (Å²) in [5.74, 6) is -0.207. The third-order valence-corrected chi connectivity index (χ3v) is 5.47. The van der Waals surface area contributed by atoms with Gasteiger partial charge in [0.25, 0.3) is 11.8 Å². The van der Waals surface area contributed by atoms with Crippen molar-refractivity contribution < 1.29 is 14.3 Å². The first-order chi connectivity index (χ1) is 14.0. The fourth-order valence-electron chi connectivity index (χ4n) is 3.75. The van der Waals surface area contributed by atoms with Crippen LogP contribution in [0.2, 0.25) is 0 Å². The van der Waals surface area contributed by atoms with Crippen molar-refractivity contribution in [2.24, 2.45) is 0 Å². The van der Waals surface area contributed by atoms with Crippen molar-refractivity contribution in [3.05, 3.63) is 59.1 Å². The highest BCUT2D eigenvalue weighted by molar-refractivity contribution is 6.60. The van der Waals surface area contributed by atoms with Crippen molar-refractivity contribution in [1.82, 2.24) is 0 Å². The highest BCUT2D eigenvalue weighted by Gasteiger charge is 2.39. The van der Waals surface area contributed by atoms with E-state index in [4.69, 9.17) is 16.3 Å². The molecule has 0 atom stereocenters. The van der Waals surface area contributed by atoms with Gasteiger partial charge in [0.1, 0.15) is 10.8 Å². The lowest BCUT2D eigenvalue weighted by atomic mass is 10.1. The lowest BCUT2D eigenvalue weighted by molar-refractivity contribution is -0.119. The molecule has 1 fully saturated rings. The SMILES string of the molecule is CC(C)Oc1ccc(C2=C(Cl)C(=O)N(c3ccc(N4CCCC4)cc3)C2=O)cc1. The Balaban J connectivity index is 1.57.